The number of aryl methyl sites for hydroxylation is 2. The number of aromatic nitrogens is 2. The molecule has 25 heavy (non-hydrogen) atoms. The molecule has 132 valence electrons. The minimum absolute atomic E-state index is 0.0226. The van der Waals surface area contributed by atoms with Gasteiger partial charge in [-0.15, -0.1) is 0 Å². The Morgan fingerprint density at radius 2 is 2.08 bits per heavy atom. The van der Waals surface area contributed by atoms with Crippen molar-refractivity contribution in [2.45, 2.75) is 36.5 Å². The molecule has 1 N–H and O–H groups in total. The Morgan fingerprint density at radius 3 is 2.88 bits per heavy atom. The summed E-state index contributed by atoms with van der Waals surface area (Å²) in [4.78, 5) is 14.9. The summed E-state index contributed by atoms with van der Waals surface area (Å²) < 4.78 is 23.8. The lowest BCUT2D eigenvalue weighted by atomic mass is 10.0. The van der Waals surface area contributed by atoms with Gasteiger partial charge in [-0.2, -0.15) is 5.10 Å². The zero-order valence-electron chi connectivity index (χ0n) is 14.2. The second kappa shape index (κ2) is 5.98. The maximum absolute atomic E-state index is 12.8. The number of amides is 1. The fraction of sp³-hybridized carbons (Fsp3) is 0.444. The molecule has 1 fully saturated rings. The van der Waals surface area contributed by atoms with Gasteiger partial charge in [0, 0.05) is 30.8 Å². The molecule has 1 aliphatic heterocycles. The van der Waals surface area contributed by atoms with E-state index in [9.17, 15) is 13.2 Å². The fourth-order valence-corrected chi connectivity index (χ4v) is 4.80. The Kier molecular flexibility index (Phi) is 3.91. The predicted octanol–water partition coefficient (Wildman–Crippen LogP) is 1.93. The minimum atomic E-state index is -3.32. The fourth-order valence-electron chi connectivity index (χ4n) is 3.94. The highest BCUT2D eigenvalue weighted by atomic mass is 32.2. The van der Waals surface area contributed by atoms with Crippen LogP contribution >= 0.6 is 0 Å². The number of likely N-dealkylation sites (tertiary alicyclic amines) is 1. The maximum Gasteiger partial charge on any atom is 0.253 e. The van der Waals surface area contributed by atoms with Crippen LogP contribution in [-0.2, 0) is 22.7 Å². The van der Waals surface area contributed by atoms with E-state index >= 15 is 0 Å². The molecular formula is C18H21N3O3S. The zero-order chi connectivity index (χ0) is 17.6. The summed E-state index contributed by atoms with van der Waals surface area (Å²) in [5.74, 6) is 0.00298. The lowest BCUT2D eigenvalue weighted by Gasteiger charge is -2.17. The lowest BCUT2D eigenvalue weighted by molar-refractivity contribution is 0.0790. The number of nitrogens with one attached hydrogen (secondary N) is 1. The van der Waals surface area contributed by atoms with E-state index in [1.807, 2.05) is 17.0 Å². The monoisotopic (exact) mass is 359 g/mol. The smallest absolute Gasteiger partial charge is 0.253 e. The van der Waals surface area contributed by atoms with Gasteiger partial charge in [-0.05, 0) is 48.9 Å². The molecule has 0 bridgehead atoms. The molecule has 2 heterocycles. The SMILES string of the molecule is CS(=O)(=O)c1cn[nH]c1C1CCN(C(=O)c2ccc3c(c2)CCC3)C1. The number of carbonyl (C=O) groups excluding carboxylic acids is 1. The summed E-state index contributed by atoms with van der Waals surface area (Å²) in [5.41, 5.74) is 3.99. The second-order valence-electron chi connectivity index (χ2n) is 6.99. The van der Waals surface area contributed by atoms with Gasteiger partial charge >= 0.3 is 0 Å². The number of sulfone groups is 1. The van der Waals surface area contributed by atoms with Gasteiger partial charge in [0.1, 0.15) is 4.90 Å². The molecule has 7 heteroatoms. The quantitative estimate of drug-likeness (QED) is 0.908. The van der Waals surface area contributed by atoms with Gasteiger partial charge < -0.3 is 4.90 Å². The average Bonchev–Trinajstić information content (AvgIpc) is 3.30. The summed E-state index contributed by atoms with van der Waals surface area (Å²) in [6.07, 6.45) is 6.59. The molecule has 1 aromatic carbocycles. The number of aromatic amines is 1. The first-order valence-electron chi connectivity index (χ1n) is 8.58. The molecule has 1 saturated heterocycles. The third-order valence-corrected chi connectivity index (χ3v) is 6.39. The van der Waals surface area contributed by atoms with Crippen molar-refractivity contribution in [1.82, 2.24) is 15.1 Å². The average molecular weight is 359 g/mol. The van der Waals surface area contributed by atoms with Crippen LogP contribution in [0.2, 0.25) is 0 Å². The first-order chi connectivity index (χ1) is 11.9. The number of H-pyrrole nitrogens is 1. The Balaban J connectivity index is 1.53. The number of fused-ring (bicyclic) bond motifs is 1. The molecule has 1 amide bonds. The number of hydrogen-bond acceptors (Lipinski definition) is 4. The van der Waals surface area contributed by atoms with Crippen LogP contribution in [0.4, 0.5) is 0 Å². The highest BCUT2D eigenvalue weighted by Gasteiger charge is 2.32. The van der Waals surface area contributed by atoms with Crippen LogP contribution < -0.4 is 0 Å². The van der Waals surface area contributed by atoms with E-state index in [4.69, 9.17) is 0 Å². The van der Waals surface area contributed by atoms with Crippen molar-refractivity contribution in [2.75, 3.05) is 19.3 Å². The summed E-state index contributed by atoms with van der Waals surface area (Å²) >= 11 is 0. The van der Waals surface area contributed by atoms with Gasteiger partial charge in [0.05, 0.1) is 11.9 Å². The zero-order valence-corrected chi connectivity index (χ0v) is 15.0. The lowest BCUT2D eigenvalue weighted by Crippen LogP contribution is -2.28. The predicted molar refractivity (Wildman–Crippen MR) is 93.4 cm³/mol. The second-order valence-corrected chi connectivity index (χ2v) is 8.98. The van der Waals surface area contributed by atoms with E-state index in [-0.39, 0.29) is 16.7 Å². The van der Waals surface area contributed by atoms with Gasteiger partial charge in [-0.3, -0.25) is 9.89 Å². The number of carbonyl (C=O) groups is 1. The largest absolute Gasteiger partial charge is 0.338 e. The molecule has 0 radical (unpaired) electrons. The van der Waals surface area contributed by atoms with Crippen LogP contribution in [0.15, 0.2) is 29.3 Å². The molecule has 0 spiro atoms. The van der Waals surface area contributed by atoms with Crippen molar-refractivity contribution in [2.24, 2.45) is 0 Å². The highest BCUT2D eigenvalue weighted by molar-refractivity contribution is 7.90. The van der Waals surface area contributed by atoms with Gasteiger partial charge in [-0.1, -0.05) is 6.07 Å². The Labute approximate surface area is 147 Å². The van der Waals surface area contributed by atoms with Crippen molar-refractivity contribution >= 4 is 15.7 Å². The summed E-state index contributed by atoms with van der Waals surface area (Å²) in [6.45, 7) is 1.14. The van der Waals surface area contributed by atoms with Crippen LogP contribution in [0.25, 0.3) is 0 Å². The van der Waals surface area contributed by atoms with E-state index in [0.29, 0.717) is 18.8 Å². The van der Waals surface area contributed by atoms with Crippen LogP contribution in [0.3, 0.4) is 0 Å². The minimum Gasteiger partial charge on any atom is -0.338 e. The first-order valence-corrected chi connectivity index (χ1v) is 10.5. The normalized spacial score (nSPS) is 20.0. The van der Waals surface area contributed by atoms with E-state index < -0.39 is 9.84 Å². The first kappa shape index (κ1) is 16.3. The van der Waals surface area contributed by atoms with Crippen molar-refractivity contribution in [3.8, 4) is 0 Å². The van der Waals surface area contributed by atoms with Gasteiger partial charge in [0.2, 0.25) is 0 Å². The van der Waals surface area contributed by atoms with Gasteiger partial charge in [0.25, 0.3) is 5.91 Å². The van der Waals surface area contributed by atoms with Gasteiger partial charge in [-0.25, -0.2) is 8.42 Å². The van der Waals surface area contributed by atoms with Crippen molar-refractivity contribution in [3.05, 3.63) is 46.8 Å². The Bertz CT molecular complexity index is 933. The molecule has 2 aliphatic rings. The van der Waals surface area contributed by atoms with Crippen LogP contribution in [0.1, 0.15) is 45.9 Å². The summed E-state index contributed by atoms with van der Waals surface area (Å²) in [7, 11) is -3.32. The van der Waals surface area contributed by atoms with E-state index in [0.717, 1.165) is 31.2 Å². The van der Waals surface area contributed by atoms with E-state index in [1.54, 1.807) is 0 Å². The van der Waals surface area contributed by atoms with Crippen LogP contribution in [0, 0.1) is 0 Å². The third-order valence-electron chi connectivity index (χ3n) is 5.26. The number of hydrogen-bond donors (Lipinski definition) is 1. The third kappa shape index (κ3) is 2.97. The molecular weight excluding hydrogens is 338 g/mol. The molecule has 1 unspecified atom stereocenters. The van der Waals surface area contributed by atoms with Crippen molar-refractivity contribution < 1.29 is 13.2 Å². The molecule has 1 aromatic heterocycles. The van der Waals surface area contributed by atoms with Crippen LogP contribution in [0.5, 0.6) is 0 Å². The summed E-state index contributed by atoms with van der Waals surface area (Å²) in [5, 5.41) is 6.71. The Morgan fingerprint density at radius 1 is 1.28 bits per heavy atom. The topological polar surface area (TPSA) is 83.1 Å². The van der Waals surface area contributed by atoms with Crippen LogP contribution in [-0.4, -0.2) is 48.8 Å². The summed E-state index contributed by atoms with van der Waals surface area (Å²) in [6, 6.07) is 6.01. The molecule has 0 saturated carbocycles. The van der Waals surface area contributed by atoms with E-state index in [1.165, 1.54) is 23.6 Å². The molecule has 1 aliphatic carbocycles. The maximum atomic E-state index is 12.8. The highest BCUT2D eigenvalue weighted by Crippen LogP contribution is 2.31. The molecule has 6 nitrogen and oxygen atoms in total. The molecule has 2 aromatic rings. The van der Waals surface area contributed by atoms with Gasteiger partial charge in [0.15, 0.2) is 9.84 Å². The van der Waals surface area contributed by atoms with Crippen molar-refractivity contribution in [3.63, 3.8) is 0 Å². The van der Waals surface area contributed by atoms with Crippen molar-refractivity contribution in [1.29, 1.82) is 0 Å². The Hall–Kier alpha value is -2.15. The number of rotatable bonds is 3. The number of nitrogens with zero attached hydrogens (tertiary/aromatic N) is 2. The standard InChI is InChI=1S/C18H21N3O3S/c1-25(23,24)16-10-19-20-17(16)15-7-8-21(11-15)18(22)14-6-5-12-3-2-4-13(12)9-14/h5-6,9-10,15H,2-4,7-8,11H2,1H3,(H,19,20). The molecule has 1 atom stereocenters. The number of benzene rings is 1. The van der Waals surface area contributed by atoms with E-state index in [2.05, 4.69) is 16.3 Å². The molecule has 4 rings (SSSR count).